The Morgan fingerprint density at radius 2 is 2.19 bits per heavy atom. The highest BCUT2D eigenvalue weighted by molar-refractivity contribution is 5.09. The fourth-order valence-electron chi connectivity index (χ4n) is 1.48. The van der Waals surface area contributed by atoms with Gasteiger partial charge >= 0.3 is 0 Å². The number of ether oxygens (including phenoxy) is 1. The van der Waals surface area contributed by atoms with Gasteiger partial charge in [0.2, 0.25) is 5.88 Å². The van der Waals surface area contributed by atoms with Gasteiger partial charge in [0.1, 0.15) is 0 Å². The second-order valence-electron chi connectivity index (χ2n) is 3.84. The summed E-state index contributed by atoms with van der Waals surface area (Å²) in [5, 5.41) is 3.42. The molecule has 1 aromatic rings. The molecule has 4 nitrogen and oxygen atoms in total. The Morgan fingerprint density at radius 3 is 2.88 bits per heavy atom. The highest BCUT2D eigenvalue weighted by atomic mass is 16.5. The first-order valence-electron chi connectivity index (χ1n) is 5.93. The topological polar surface area (TPSA) is 47.0 Å². The maximum absolute atomic E-state index is 5.32. The van der Waals surface area contributed by atoms with Gasteiger partial charge in [-0.05, 0) is 26.8 Å². The monoisotopic (exact) mass is 223 g/mol. The van der Waals surface area contributed by atoms with E-state index < -0.39 is 0 Å². The third-order valence-corrected chi connectivity index (χ3v) is 2.21. The van der Waals surface area contributed by atoms with Crippen molar-refractivity contribution >= 4 is 0 Å². The molecule has 1 unspecified atom stereocenters. The van der Waals surface area contributed by atoms with Crippen LogP contribution in [0.15, 0.2) is 12.4 Å². The minimum atomic E-state index is 0.422. The lowest BCUT2D eigenvalue weighted by atomic mass is 10.2. The van der Waals surface area contributed by atoms with E-state index >= 15 is 0 Å². The second-order valence-corrected chi connectivity index (χ2v) is 3.84. The first kappa shape index (κ1) is 12.9. The van der Waals surface area contributed by atoms with Crippen molar-refractivity contribution in [2.24, 2.45) is 0 Å². The molecule has 0 spiro atoms. The summed E-state index contributed by atoms with van der Waals surface area (Å²) >= 11 is 0. The van der Waals surface area contributed by atoms with Gasteiger partial charge < -0.3 is 10.1 Å². The highest BCUT2D eigenvalue weighted by Gasteiger charge is 2.05. The van der Waals surface area contributed by atoms with Crippen LogP contribution in [0.25, 0.3) is 0 Å². The number of nitrogens with zero attached hydrogens (tertiary/aromatic N) is 2. The van der Waals surface area contributed by atoms with Crippen LogP contribution < -0.4 is 10.1 Å². The van der Waals surface area contributed by atoms with E-state index in [9.17, 15) is 0 Å². The lowest BCUT2D eigenvalue weighted by Gasteiger charge is -2.12. The van der Waals surface area contributed by atoms with Crippen molar-refractivity contribution in [2.45, 2.75) is 39.7 Å². The molecule has 0 radical (unpaired) electrons. The molecule has 1 atom stereocenters. The van der Waals surface area contributed by atoms with Crippen LogP contribution >= 0.6 is 0 Å². The zero-order chi connectivity index (χ0) is 11.8. The van der Waals surface area contributed by atoms with Gasteiger partial charge in [0.05, 0.1) is 18.5 Å². The van der Waals surface area contributed by atoms with Crippen LogP contribution in [-0.4, -0.2) is 29.2 Å². The summed E-state index contributed by atoms with van der Waals surface area (Å²) in [5.74, 6) is 0.614. The Balaban J connectivity index is 2.49. The number of rotatable bonds is 7. The van der Waals surface area contributed by atoms with Crippen molar-refractivity contribution in [3.63, 3.8) is 0 Å². The lowest BCUT2D eigenvalue weighted by Crippen LogP contribution is -2.29. The summed E-state index contributed by atoms with van der Waals surface area (Å²) in [4.78, 5) is 8.51. The highest BCUT2D eigenvalue weighted by Crippen LogP contribution is 2.06. The van der Waals surface area contributed by atoms with E-state index in [-0.39, 0.29) is 0 Å². The number of hydrogen-bond acceptors (Lipinski definition) is 4. The van der Waals surface area contributed by atoms with Crippen molar-refractivity contribution in [1.82, 2.24) is 15.3 Å². The Labute approximate surface area is 97.5 Å². The molecule has 0 fully saturated rings. The van der Waals surface area contributed by atoms with Gasteiger partial charge in [-0.15, -0.1) is 0 Å². The standard InChI is InChI=1S/C12H21N3O/c1-4-6-14-10(3)7-11-8-13-9-12(15-11)16-5-2/h8-10,14H,4-7H2,1-3H3. The largest absolute Gasteiger partial charge is 0.477 e. The fourth-order valence-corrected chi connectivity index (χ4v) is 1.48. The predicted molar refractivity (Wildman–Crippen MR) is 64.7 cm³/mol. The van der Waals surface area contributed by atoms with Crippen LogP contribution in [0.5, 0.6) is 5.88 Å². The van der Waals surface area contributed by atoms with Crippen molar-refractivity contribution in [2.75, 3.05) is 13.2 Å². The van der Waals surface area contributed by atoms with Gasteiger partial charge in [-0.2, -0.15) is 0 Å². The van der Waals surface area contributed by atoms with Crippen LogP contribution in [-0.2, 0) is 6.42 Å². The average molecular weight is 223 g/mol. The second kappa shape index (κ2) is 7.17. The molecule has 0 aliphatic heterocycles. The molecule has 1 aromatic heterocycles. The zero-order valence-electron chi connectivity index (χ0n) is 10.4. The summed E-state index contributed by atoms with van der Waals surface area (Å²) in [6, 6.07) is 0.422. The third kappa shape index (κ3) is 4.57. The molecule has 0 saturated heterocycles. The molecule has 0 saturated carbocycles. The minimum absolute atomic E-state index is 0.422. The van der Waals surface area contributed by atoms with E-state index in [2.05, 4.69) is 29.1 Å². The maximum atomic E-state index is 5.32. The molecule has 90 valence electrons. The lowest BCUT2D eigenvalue weighted by molar-refractivity contribution is 0.323. The first-order chi connectivity index (χ1) is 7.76. The smallest absolute Gasteiger partial charge is 0.232 e. The molecule has 0 aliphatic rings. The van der Waals surface area contributed by atoms with Crippen molar-refractivity contribution in [3.8, 4) is 5.88 Å². The third-order valence-electron chi connectivity index (χ3n) is 2.21. The first-order valence-corrected chi connectivity index (χ1v) is 5.93. The van der Waals surface area contributed by atoms with E-state index in [1.165, 1.54) is 0 Å². The molecule has 0 aromatic carbocycles. The van der Waals surface area contributed by atoms with Crippen molar-refractivity contribution in [3.05, 3.63) is 18.1 Å². The Morgan fingerprint density at radius 1 is 1.38 bits per heavy atom. The van der Waals surface area contributed by atoms with Gasteiger partial charge in [0, 0.05) is 18.7 Å². The zero-order valence-corrected chi connectivity index (χ0v) is 10.4. The van der Waals surface area contributed by atoms with Crippen LogP contribution in [0.4, 0.5) is 0 Å². The van der Waals surface area contributed by atoms with Crippen LogP contribution in [0.2, 0.25) is 0 Å². The van der Waals surface area contributed by atoms with E-state index in [1.54, 1.807) is 12.4 Å². The number of aromatic nitrogens is 2. The van der Waals surface area contributed by atoms with Crippen LogP contribution in [0, 0.1) is 0 Å². The number of hydrogen-bond donors (Lipinski definition) is 1. The Kier molecular flexibility index (Phi) is 5.78. The molecule has 1 rings (SSSR count). The Bertz CT molecular complexity index is 304. The van der Waals surface area contributed by atoms with Gasteiger partial charge in [-0.1, -0.05) is 6.92 Å². The molecule has 1 N–H and O–H groups in total. The summed E-state index contributed by atoms with van der Waals surface area (Å²) in [7, 11) is 0. The quantitative estimate of drug-likeness (QED) is 0.765. The van der Waals surface area contributed by atoms with Crippen molar-refractivity contribution in [1.29, 1.82) is 0 Å². The van der Waals surface area contributed by atoms with E-state index in [4.69, 9.17) is 4.74 Å². The molecule has 1 heterocycles. The summed E-state index contributed by atoms with van der Waals surface area (Å²) < 4.78 is 5.32. The van der Waals surface area contributed by atoms with Crippen molar-refractivity contribution < 1.29 is 4.74 Å². The average Bonchev–Trinajstić information content (AvgIpc) is 2.27. The normalized spacial score (nSPS) is 12.4. The van der Waals surface area contributed by atoms with E-state index in [0.29, 0.717) is 18.5 Å². The minimum Gasteiger partial charge on any atom is -0.477 e. The Hall–Kier alpha value is -1.16. The summed E-state index contributed by atoms with van der Waals surface area (Å²) in [6.45, 7) is 7.93. The van der Waals surface area contributed by atoms with Gasteiger partial charge in [-0.3, -0.25) is 4.98 Å². The predicted octanol–water partition coefficient (Wildman–Crippen LogP) is 1.81. The SMILES string of the molecule is CCCNC(C)Cc1cncc(OCC)n1. The van der Waals surface area contributed by atoms with Gasteiger partial charge in [0.25, 0.3) is 0 Å². The van der Waals surface area contributed by atoms with E-state index in [0.717, 1.165) is 25.1 Å². The molecular weight excluding hydrogens is 202 g/mol. The molecule has 16 heavy (non-hydrogen) atoms. The fraction of sp³-hybridized carbons (Fsp3) is 0.667. The van der Waals surface area contributed by atoms with Crippen LogP contribution in [0.1, 0.15) is 32.9 Å². The number of nitrogens with one attached hydrogen (secondary N) is 1. The van der Waals surface area contributed by atoms with E-state index in [1.807, 2.05) is 6.92 Å². The molecule has 4 heteroatoms. The molecule has 0 bridgehead atoms. The summed E-state index contributed by atoms with van der Waals surface area (Å²) in [6.07, 6.45) is 5.48. The van der Waals surface area contributed by atoms with Gasteiger partial charge in [0.15, 0.2) is 0 Å². The summed E-state index contributed by atoms with van der Waals surface area (Å²) in [5.41, 5.74) is 0.974. The molecule has 0 amide bonds. The van der Waals surface area contributed by atoms with Crippen LogP contribution in [0.3, 0.4) is 0 Å². The molecule has 0 aliphatic carbocycles. The maximum Gasteiger partial charge on any atom is 0.232 e. The molecular formula is C12H21N3O. The van der Waals surface area contributed by atoms with Gasteiger partial charge in [-0.25, -0.2) is 4.98 Å².